The summed E-state index contributed by atoms with van der Waals surface area (Å²) < 4.78 is 32.3. The maximum Gasteiger partial charge on any atom is 0.303 e. The average Bonchev–Trinajstić information content (AvgIpc) is 2.71. The molecule has 1 N–H and O–H groups in total. The van der Waals surface area contributed by atoms with Gasteiger partial charge in [-0.15, -0.1) is 0 Å². The van der Waals surface area contributed by atoms with Crippen LogP contribution in [0.15, 0.2) is 18.2 Å². The lowest BCUT2D eigenvalue weighted by molar-refractivity contribution is -0.288. The third-order valence-electron chi connectivity index (χ3n) is 4.33. The van der Waals surface area contributed by atoms with E-state index in [0.717, 1.165) is 27.7 Å². The summed E-state index contributed by atoms with van der Waals surface area (Å²) in [6.45, 7) is 4.04. The van der Waals surface area contributed by atoms with Gasteiger partial charge < -0.3 is 33.5 Å². The molecule has 1 saturated heterocycles. The molecule has 0 amide bonds. The molecule has 0 bridgehead atoms. The standard InChI is InChI=1S/C21H24O12/c1-10(23)28-9-17-18(29-11(2)24)19(30-12(3)25)20(31-13(4)26)21(33-17)32-15-5-6-16(27)14(7-15)8-22/h5-8,17-21,27H,9H2,1-4H3/t17-,18-,19+,20-,21-/m1/s1. The van der Waals surface area contributed by atoms with Crippen LogP contribution >= 0.6 is 0 Å². The lowest BCUT2D eigenvalue weighted by Crippen LogP contribution is -2.63. The van der Waals surface area contributed by atoms with E-state index in [2.05, 4.69) is 0 Å². The third kappa shape index (κ3) is 7.17. The Labute approximate surface area is 188 Å². The van der Waals surface area contributed by atoms with Crippen LogP contribution in [0.25, 0.3) is 0 Å². The van der Waals surface area contributed by atoms with Crippen molar-refractivity contribution in [2.75, 3.05) is 6.61 Å². The van der Waals surface area contributed by atoms with Crippen LogP contribution in [-0.4, -0.2) is 72.6 Å². The predicted octanol–water partition coefficient (Wildman–Crippen LogP) is 0.667. The molecule has 33 heavy (non-hydrogen) atoms. The van der Waals surface area contributed by atoms with Crippen molar-refractivity contribution in [2.24, 2.45) is 0 Å². The fourth-order valence-corrected chi connectivity index (χ4v) is 3.12. The molecule has 1 aliphatic heterocycles. The van der Waals surface area contributed by atoms with E-state index >= 15 is 0 Å². The molecule has 0 radical (unpaired) electrons. The number of ether oxygens (including phenoxy) is 6. The zero-order chi connectivity index (χ0) is 24.7. The van der Waals surface area contributed by atoms with Crippen molar-refractivity contribution < 1.29 is 57.5 Å². The molecule has 12 nitrogen and oxygen atoms in total. The quantitative estimate of drug-likeness (QED) is 0.323. The number of aromatic hydroxyl groups is 1. The molecule has 1 fully saturated rings. The minimum atomic E-state index is -1.45. The molecule has 12 heteroatoms. The highest BCUT2D eigenvalue weighted by Gasteiger charge is 2.53. The highest BCUT2D eigenvalue weighted by atomic mass is 16.7. The lowest BCUT2D eigenvalue weighted by Gasteiger charge is -2.43. The average molecular weight is 468 g/mol. The summed E-state index contributed by atoms with van der Waals surface area (Å²) in [6, 6.07) is 3.72. The lowest BCUT2D eigenvalue weighted by atomic mass is 9.98. The summed E-state index contributed by atoms with van der Waals surface area (Å²) in [7, 11) is 0. The van der Waals surface area contributed by atoms with Crippen LogP contribution in [0, 0.1) is 0 Å². The van der Waals surface area contributed by atoms with Crippen molar-refractivity contribution in [3.8, 4) is 11.5 Å². The van der Waals surface area contributed by atoms with Crippen molar-refractivity contribution in [3.05, 3.63) is 23.8 Å². The first-order valence-electron chi connectivity index (χ1n) is 9.77. The second kappa shape index (κ2) is 11.3. The molecular weight excluding hydrogens is 444 g/mol. The number of rotatable bonds is 8. The first-order chi connectivity index (χ1) is 15.5. The maximum atomic E-state index is 11.8. The van der Waals surface area contributed by atoms with Gasteiger partial charge >= 0.3 is 23.9 Å². The Hall–Kier alpha value is -3.67. The Kier molecular flexibility index (Phi) is 8.74. The molecule has 0 aliphatic carbocycles. The van der Waals surface area contributed by atoms with Crippen LogP contribution in [0.4, 0.5) is 0 Å². The van der Waals surface area contributed by atoms with Crippen LogP contribution < -0.4 is 4.74 Å². The first kappa shape index (κ1) is 25.6. The van der Waals surface area contributed by atoms with Gasteiger partial charge in [0.1, 0.15) is 24.2 Å². The van der Waals surface area contributed by atoms with Gasteiger partial charge in [-0.1, -0.05) is 0 Å². The Bertz CT molecular complexity index is 911. The smallest absolute Gasteiger partial charge is 0.303 e. The zero-order valence-electron chi connectivity index (χ0n) is 18.3. The van der Waals surface area contributed by atoms with E-state index in [1.165, 1.54) is 18.2 Å². The summed E-state index contributed by atoms with van der Waals surface area (Å²) in [4.78, 5) is 57.7. The molecule has 1 aliphatic rings. The van der Waals surface area contributed by atoms with E-state index in [-0.39, 0.29) is 17.1 Å². The van der Waals surface area contributed by atoms with Crippen LogP contribution in [0.5, 0.6) is 11.5 Å². The number of carbonyl (C=O) groups excluding carboxylic acids is 5. The molecule has 2 rings (SSSR count). The van der Waals surface area contributed by atoms with Gasteiger partial charge in [0.05, 0.1) is 5.56 Å². The number of hydrogen-bond acceptors (Lipinski definition) is 12. The topological polar surface area (TPSA) is 161 Å². The van der Waals surface area contributed by atoms with E-state index in [1.54, 1.807) is 0 Å². The second-order valence-corrected chi connectivity index (χ2v) is 7.02. The minimum Gasteiger partial charge on any atom is -0.507 e. The molecule has 0 aromatic heterocycles. The van der Waals surface area contributed by atoms with E-state index in [0.29, 0.717) is 6.29 Å². The molecule has 1 aromatic carbocycles. The SMILES string of the molecule is CC(=O)OC[C@H]1O[C@@H](Oc2ccc(O)c(C=O)c2)[C@H](OC(C)=O)[C@@H](OC(C)=O)[C@@H]1OC(C)=O. The van der Waals surface area contributed by atoms with Crippen molar-refractivity contribution in [1.82, 2.24) is 0 Å². The Morgan fingerprint density at radius 2 is 1.48 bits per heavy atom. The van der Waals surface area contributed by atoms with Crippen molar-refractivity contribution in [1.29, 1.82) is 0 Å². The van der Waals surface area contributed by atoms with E-state index in [4.69, 9.17) is 28.4 Å². The van der Waals surface area contributed by atoms with Gasteiger partial charge in [-0.2, -0.15) is 0 Å². The summed E-state index contributed by atoms with van der Waals surface area (Å²) in [5.41, 5.74) is -0.0851. The molecular formula is C21H24O12. The normalized spacial score (nSPS) is 24.2. The molecule has 1 heterocycles. The van der Waals surface area contributed by atoms with Gasteiger partial charge in [0.25, 0.3) is 0 Å². The van der Waals surface area contributed by atoms with Crippen molar-refractivity contribution in [2.45, 2.75) is 58.4 Å². The van der Waals surface area contributed by atoms with Gasteiger partial charge in [0.15, 0.2) is 18.5 Å². The van der Waals surface area contributed by atoms with Crippen LogP contribution in [0.1, 0.15) is 38.1 Å². The summed E-state index contributed by atoms with van der Waals surface area (Å²) in [6.07, 6.45) is -6.36. The fourth-order valence-electron chi connectivity index (χ4n) is 3.12. The molecule has 1 aromatic rings. The number of carbonyl (C=O) groups is 5. The number of hydrogen-bond donors (Lipinski definition) is 1. The van der Waals surface area contributed by atoms with Gasteiger partial charge in [-0.25, -0.2) is 0 Å². The summed E-state index contributed by atoms with van der Waals surface area (Å²) >= 11 is 0. The van der Waals surface area contributed by atoms with E-state index < -0.39 is 61.2 Å². The Balaban J connectivity index is 2.48. The molecule has 0 spiro atoms. The van der Waals surface area contributed by atoms with Crippen molar-refractivity contribution in [3.63, 3.8) is 0 Å². The zero-order valence-corrected chi connectivity index (χ0v) is 18.3. The third-order valence-corrected chi connectivity index (χ3v) is 4.33. The summed E-state index contributed by atoms with van der Waals surface area (Å²) in [5.74, 6) is -3.24. The fraction of sp³-hybridized carbons (Fsp3) is 0.476. The molecule has 0 unspecified atom stereocenters. The van der Waals surface area contributed by atoms with Crippen LogP contribution in [0.2, 0.25) is 0 Å². The number of phenolic OH excluding ortho intramolecular Hbond substituents is 1. The highest BCUT2D eigenvalue weighted by molar-refractivity contribution is 5.79. The number of aldehydes is 1. The Morgan fingerprint density at radius 1 is 0.909 bits per heavy atom. The number of phenols is 1. The van der Waals surface area contributed by atoms with E-state index in [1.807, 2.05) is 0 Å². The summed E-state index contributed by atoms with van der Waals surface area (Å²) in [5, 5.41) is 9.69. The maximum absolute atomic E-state index is 11.8. The number of esters is 4. The second-order valence-electron chi connectivity index (χ2n) is 7.02. The van der Waals surface area contributed by atoms with Crippen LogP contribution in [0.3, 0.4) is 0 Å². The highest BCUT2D eigenvalue weighted by Crippen LogP contribution is 2.32. The molecule has 180 valence electrons. The van der Waals surface area contributed by atoms with Crippen LogP contribution in [-0.2, 0) is 42.9 Å². The molecule has 0 saturated carbocycles. The van der Waals surface area contributed by atoms with E-state index in [9.17, 15) is 29.1 Å². The monoisotopic (exact) mass is 468 g/mol. The minimum absolute atomic E-state index is 0.0378. The first-order valence-corrected chi connectivity index (χ1v) is 9.77. The Morgan fingerprint density at radius 3 is 2.03 bits per heavy atom. The van der Waals surface area contributed by atoms with Gasteiger partial charge in [0, 0.05) is 27.7 Å². The van der Waals surface area contributed by atoms with Crippen molar-refractivity contribution >= 4 is 30.2 Å². The van der Waals surface area contributed by atoms with Gasteiger partial charge in [0.2, 0.25) is 12.4 Å². The van der Waals surface area contributed by atoms with Gasteiger partial charge in [-0.3, -0.25) is 24.0 Å². The molecule has 5 atom stereocenters. The number of benzene rings is 1. The predicted molar refractivity (Wildman–Crippen MR) is 106 cm³/mol. The largest absolute Gasteiger partial charge is 0.507 e. The van der Waals surface area contributed by atoms with Gasteiger partial charge in [-0.05, 0) is 18.2 Å².